The van der Waals surface area contributed by atoms with E-state index in [-0.39, 0.29) is 12.6 Å². The van der Waals surface area contributed by atoms with E-state index in [1.807, 2.05) is 12.1 Å². The lowest BCUT2D eigenvalue weighted by molar-refractivity contribution is 0.0971. The first-order valence-electron chi connectivity index (χ1n) is 7.05. The first-order valence-corrected chi connectivity index (χ1v) is 7.05. The fourth-order valence-corrected chi connectivity index (χ4v) is 2.82. The molecule has 112 valence electrons. The van der Waals surface area contributed by atoms with Crippen molar-refractivity contribution < 1.29 is 14.4 Å². The molecule has 0 saturated heterocycles. The van der Waals surface area contributed by atoms with E-state index in [0.717, 1.165) is 13.0 Å². The average molecular weight is 289 g/mol. The lowest BCUT2D eigenvalue weighted by Crippen LogP contribution is -2.36. The smallest absolute Gasteiger partial charge is 0.240 e. The third-order valence-electron chi connectivity index (χ3n) is 3.82. The number of rotatable bonds is 5. The Morgan fingerprint density at radius 1 is 1.43 bits per heavy atom. The van der Waals surface area contributed by atoms with Gasteiger partial charge in [-0.05, 0) is 17.5 Å². The highest BCUT2D eigenvalue weighted by molar-refractivity contribution is 5.32. The van der Waals surface area contributed by atoms with Gasteiger partial charge in [0, 0.05) is 13.7 Å². The van der Waals surface area contributed by atoms with Gasteiger partial charge in [-0.1, -0.05) is 29.4 Å². The van der Waals surface area contributed by atoms with E-state index in [0.29, 0.717) is 24.9 Å². The highest BCUT2D eigenvalue weighted by Crippen LogP contribution is 2.30. The molecule has 2 aromatic rings. The van der Waals surface area contributed by atoms with Gasteiger partial charge in [0.2, 0.25) is 5.89 Å². The minimum atomic E-state index is -0.0206. The molecular weight excluding hydrogens is 270 g/mol. The number of aromatic nitrogens is 2. The van der Waals surface area contributed by atoms with Crippen LogP contribution in [0.4, 0.5) is 0 Å². The van der Waals surface area contributed by atoms with Crippen molar-refractivity contribution in [2.75, 3.05) is 20.3 Å². The van der Waals surface area contributed by atoms with Crippen molar-refractivity contribution in [1.29, 1.82) is 0 Å². The quantitative estimate of drug-likeness (QED) is 0.894. The van der Waals surface area contributed by atoms with E-state index < -0.39 is 0 Å². The van der Waals surface area contributed by atoms with Crippen LogP contribution in [0.25, 0.3) is 0 Å². The molecule has 0 bridgehead atoms. The number of fused-ring (bicyclic) bond motifs is 1. The normalized spacial score (nSPS) is 18.7. The highest BCUT2D eigenvalue weighted by Gasteiger charge is 2.27. The summed E-state index contributed by atoms with van der Waals surface area (Å²) in [5.74, 6) is 1.10. The van der Waals surface area contributed by atoms with Crippen LogP contribution < -0.4 is 0 Å². The van der Waals surface area contributed by atoms with Gasteiger partial charge in [-0.15, -0.1) is 0 Å². The fraction of sp³-hybridized carbons (Fsp3) is 0.467. The Balaban J connectivity index is 1.76. The first kappa shape index (κ1) is 14.2. The number of aliphatic hydroxyl groups excluding tert-OH is 1. The highest BCUT2D eigenvalue weighted by atomic mass is 16.5. The maximum absolute atomic E-state index is 9.75. The fourth-order valence-electron chi connectivity index (χ4n) is 2.82. The zero-order valence-electron chi connectivity index (χ0n) is 12.0. The SMILES string of the molecule is COCc1noc(CN2CCc3ccccc3C2CO)n1. The van der Waals surface area contributed by atoms with Gasteiger partial charge in [0.25, 0.3) is 0 Å². The van der Waals surface area contributed by atoms with Crippen molar-refractivity contribution in [2.45, 2.75) is 25.6 Å². The molecule has 1 unspecified atom stereocenters. The second kappa shape index (κ2) is 6.34. The predicted octanol–water partition coefficient (Wildman–Crippen LogP) is 1.31. The molecule has 1 aromatic heterocycles. The van der Waals surface area contributed by atoms with E-state index >= 15 is 0 Å². The maximum atomic E-state index is 9.75. The van der Waals surface area contributed by atoms with Crippen LogP contribution in [0.5, 0.6) is 0 Å². The Hall–Kier alpha value is -1.76. The molecule has 0 amide bonds. The number of hydrogen-bond donors (Lipinski definition) is 1. The molecule has 21 heavy (non-hydrogen) atoms. The Labute approximate surface area is 123 Å². The zero-order chi connectivity index (χ0) is 14.7. The minimum absolute atomic E-state index is 0.0206. The summed E-state index contributed by atoms with van der Waals surface area (Å²) < 4.78 is 10.2. The molecule has 2 heterocycles. The molecule has 0 aliphatic carbocycles. The largest absolute Gasteiger partial charge is 0.394 e. The molecule has 0 spiro atoms. The Kier molecular flexibility index (Phi) is 4.28. The van der Waals surface area contributed by atoms with E-state index in [1.165, 1.54) is 11.1 Å². The maximum Gasteiger partial charge on any atom is 0.240 e. The second-order valence-electron chi connectivity index (χ2n) is 5.16. The molecule has 1 aliphatic rings. The zero-order valence-corrected chi connectivity index (χ0v) is 12.0. The van der Waals surface area contributed by atoms with Crippen molar-refractivity contribution in [2.24, 2.45) is 0 Å². The molecule has 1 N–H and O–H groups in total. The van der Waals surface area contributed by atoms with E-state index in [2.05, 4.69) is 27.2 Å². The van der Waals surface area contributed by atoms with Crippen molar-refractivity contribution >= 4 is 0 Å². The average Bonchev–Trinajstić information content (AvgIpc) is 2.95. The van der Waals surface area contributed by atoms with E-state index in [9.17, 15) is 5.11 Å². The van der Waals surface area contributed by atoms with Gasteiger partial charge in [-0.25, -0.2) is 0 Å². The van der Waals surface area contributed by atoms with Crippen molar-refractivity contribution in [1.82, 2.24) is 15.0 Å². The number of benzene rings is 1. The lowest BCUT2D eigenvalue weighted by Gasteiger charge is -2.35. The molecule has 0 fully saturated rings. The summed E-state index contributed by atoms with van der Waals surface area (Å²) in [6.07, 6.45) is 0.964. The summed E-state index contributed by atoms with van der Waals surface area (Å²) in [5.41, 5.74) is 2.49. The van der Waals surface area contributed by atoms with Crippen molar-refractivity contribution in [3.05, 3.63) is 47.1 Å². The lowest BCUT2D eigenvalue weighted by atomic mass is 9.93. The number of aliphatic hydroxyl groups is 1. The standard InChI is InChI=1S/C15H19N3O3/c1-20-10-14-16-15(21-17-14)8-18-7-6-11-4-2-3-5-12(11)13(18)9-19/h2-5,13,19H,6-10H2,1H3. The minimum Gasteiger partial charge on any atom is -0.394 e. The summed E-state index contributed by atoms with van der Waals surface area (Å²) in [5, 5.41) is 13.6. The summed E-state index contributed by atoms with van der Waals surface area (Å²) in [6, 6.07) is 8.23. The molecule has 0 saturated carbocycles. The molecule has 1 aromatic carbocycles. The molecule has 6 nitrogen and oxygen atoms in total. The van der Waals surface area contributed by atoms with Gasteiger partial charge in [0.1, 0.15) is 6.61 Å². The summed E-state index contributed by atoms with van der Waals surface area (Å²) >= 11 is 0. The van der Waals surface area contributed by atoms with Crippen LogP contribution in [0.1, 0.15) is 28.9 Å². The number of methoxy groups -OCH3 is 1. The Bertz CT molecular complexity index is 599. The van der Waals surface area contributed by atoms with Crippen LogP contribution in [-0.4, -0.2) is 40.4 Å². The molecular formula is C15H19N3O3. The van der Waals surface area contributed by atoms with Crippen LogP contribution in [0.2, 0.25) is 0 Å². The topological polar surface area (TPSA) is 71.6 Å². The molecule has 1 atom stereocenters. The van der Waals surface area contributed by atoms with Crippen LogP contribution >= 0.6 is 0 Å². The third-order valence-corrected chi connectivity index (χ3v) is 3.82. The van der Waals surface area contributed by atoms with Crippen molar-refractivity contribution in [3.63, 3.8) is 0 Å². The third kappa shape index (κ3) is 2.97. The summed E-state index contributed by atoms with van der Waals surface area (Å²) in [6.45, 7) is 1.83. The number of ether oxygens (including phenoxy) is 1. The van der Waals surface area contributed by atoms with Gasteiger partial charge < -0.3 is 14.4 Å². The van der Waals surface area contributed by atoms with Gasteiger partial charge in [-0.3, -0.25) is 4.90 Å². The predicted molar refractivity (Wildman–Crippen MR) is 75.4 cm³/mol. The van der Waals surface area contributed by atoms with Gasteiger partial charge >= 0.3 is 0 Å². The second-order valence-corrected chi connectivity index (χ2v) is 5.16. The molecule has 3 rings (SSSR count). The first-order chi connectivity index (χ1) is 10.3. The Morgan fingerprint density at radius 3 is 3.10 bits per heavy atom. The van der Waals surface area contributed by atoms with Crippen LogP contribution in [0.3, 0.4) is 0 Å². The van der Waals surface area contributed by atoms with E-state index in [4.69, 9.17) is 9.26 Å². The van der Waals surface area contributed by atoms with Gasteiger partial charge in [0.15, 0.2) is 5.82 Å². The van der Waals surface area contributed by atoms with Gasteiger partial charge in [0.05, 0.1) is 19.2 Å². The molecule has 0 radical (unpaired) electrons. The van der Waals surface area contributed by atoms with Crippen LogP contribution in [0, 0.1) is 0 Å². The number of nitrogens with zero attached hydrogens (tertiary/aromatic N) is 3. The molecule has 6 heteroatoms. The summed E-state index contributed by atoms with van der Waals surface area (Å²) in [4.78, 5) is 6.47. The summed E-state index contributed by atoms with van der Waals surface area (Å²) in [7, 11) is 1.60. The van der Waals surface area contributed by atoms with Crippen LogP contribution in [-0.2, 0) is 24.3 Å². The van der Waals surface area contributed by atoms with Crippen LogP contribution in [0.15, 0.2) is 28.8 Å². The Morgan fingerprint density at radius 2 is 2.29 bits per heavy atom. The van der Waals surface area contributed by atoms with Crippen molar-refractivity contribution in [3.8, 4) is 0 Å². The van der Waals surface area contributed by atoms with E-state index in [1.54, 1.807) is 7.11 Å². The number of hydrogen-bond acceptors (Lipinski definition) is 6. The van der Waals surface area contributed by atoms with Gasteiger partial charge in [-0.2, -0.15) is 4.98 Å². The molecule has 1 aliphatic heterocycles. The monoisotopic (exact) mass is 289 g/mol.